The van der Waals surface area contributed by atoms with E-state index in [0.29, 0.717) is 12.5 Å². The molecule has 0 N–H and O–H groups in total. The minimum Gasteiger partial charge on any atom is -0.466 e. The van der Waals surface area contributed by atoms with Crippen molar-refractivity contribution in [2.45, 2.75) is 76.6 Å². The van der Waals surface area contributed by atoms with Crippen LogP contribution in [0.15, 0.2) is 0 Å². The van der Waals surface area contributed by atoms with Gasteiger partial charge in [0.2, 0.25) is 0 Å². The van der Waals surface area contributed by atoms with Crippen LogP contribution in [0.2, 0.25) is 0 Å². The Kier molecular flexibility index (Phi) is 4.85. The highest BCUT2D eigenvalue weighted by Crippen LogP contribution is 2.42. The molecule has 0 aromatic carbocycles. The molecule has 1 saturated heterocycles. The molecule has 21 heavy (non-hydrogen) atoms. The van der Waals surface area contributed by atoms with E-state index in [1.54, 1.807) is 0 Å². The van der Waals surface area contributed by atoms with E-state index in [4.69, 9.17) is 14.2 Å². The van der Waals surface area contributed by atoms with E-state index in [9.17, 15) is 4.79 Å². The maximum atomic E-state index is 11.8. The van der Waals surface area contributed by atoms with Crippen molar-refractivity contribution >= 4 is 5.97 Å². The van der Waals surface area contributed by atoms with Gasteiger partial charge < -0.3 is 14.2 Å². The summed E-state index contributed by atoms with van der Waals surface area (Å²) in [5.41, 5.74) is 0. The molecule has 2 aliphatic carbocycles. The van der Waals surface area contributed by atoms with Gasteiger partial charge in [0, 0.05) is 12.8 Å². The Hall–Kier alpha value is -0.610. The van der Waals surface area contributed by atoms with Crippen molar-refractivity contribution in [3.63, 3.8) is 0 Å². The molecule has 4 heteroatoms. The third-order valence-electron chi connectivity index (χ3n) is 5.41. The molecule has 4 nitrogen and oxygen atoms in total. The fourth-order valence-electron chi connectivity index (χ4n) is 4.15. The monoisotopic (exact) mass is 296 g/mol. The second-order valence-corrected chi connectivity index (χ2v) is 6.80. The molecule has 1 unspecified atom stereocenters. The molecular formula is C17H28O4. The highest BCUT2D eigenvalue weighted by molar-refractivity contribution is 5.72. The van der Waals surface area contributed by atoms with Crippen LogP contribution in [0.5, 0.6) is 0 Å². The van der Waals surface area contributed by atoms with Crippen molar-refractivity contribution in [2.75, 3.05) is 13.2 Å². The van der Waals surface area contributed by atoms with Gasteiger partial charge in [-0.15, -0.1) is 0 Å². The van der Waals surface area contributed by atoms with Gasteiger partial charge in [0.1, 0.15) is 0 Å². The molecule has 0 aromatic rings. The van der Waals surface area contributed by atoms with Gasteiger partial charge in [-0.25, -0.2) is 0 Å². The van der Waals surface area contributed by atoms with Crippen molar-refractivity contribution in [3.8, 4) is 0 Å². The van der Waals surface area contributed by atoms with Gasteiger partial charge in [-0.3, -0.25) is 4.79 Å². The van der Waals surface area contributed by atoms with Crippen LogP contribution in [0.1, 0.15) is 64.7 Å². The summed E-state index contributed by atoms with van der Waals surface area (Å²) in [5.74, 6) is 0.383. The lowest BCUT2D eigenvalue weighted by Crippen LogP contribution is -2.36. The minimum atomic E-state index is -0.263. The Balaban J connectivity index is 1.48. The molecule has 1 spiro atoms. The van der Waals surface area contributed by atoms with Crippen LogP contribution in [0.25, 0.3) is 0 Å². The van der Waals surface area contributed by atoms with Crippen molar-refractivity contribution in [2.24, 2.45) is 11.8 Å². The molecule has 120 valence electrons. The van der Waals surface area contributed by atoms with E-state index in [-0.39, 0.29) is 23.8 Å². The zero-order valence-corrected chi connectivity index (χ0v) is 13.1. The van der Waals surface area contributed by atoms with E-state index in [2.05, 4.69) is 0 Å². The van der Waals surface area contributed by atoms with Gasteiger partial charge in [-0.1, -0.05) is 6.42 Å². The molecule has 0 aromatic heterocycles. The normalized spacial score (nSPS) is 35.8. The lowest BCUT2D eigenvalue weighted by Gasteiger charge is -2.34. The number of carbonyl (C=O) groups is 1. The quantitative estimate of drug-likeness (QED) is 0.748. The minimum absolute atomic E-state index is 0.0108. The largest absolute Gasteiger partial charge is 0.466 e. The van der Waals surface area contributed by atoms with Gasteiger partial charge in [0.05, 0.1) is 25.2 Å². The summed E-state index contributed by atoms with van der Waals surface area (Å²) in [5, 5.41) is 0. The maximum absolute atomic E-state index is 11.8. The Morgan fingerprint density at radius 1 is 1.14 bits per heavy atom. The summed E-state index contributed by atoms with van der Waals surface area (Å²) in [6.45, 7) is 3.10. The molecular weight excluding hydrogens is 268 g/mol. The smallest absolute Gasteiger partial charge is 0.308 e. The zero-order chi connectivity index (χ0) is 14.7. The van der Waals surface area contributed by atoms with E-state index in [0.717, 1.165) is 45.1 Å². The van der Waals surface area contributed by atoms with E-state index in [1.165, 1.54) is 19.3 Å². The summed E-state index contributed by atoms with van der Waals surface area (Å²) in [6.07, 6.45) is 10.1. The fourth-order valence-corrected chi connectivity index (χ4v) is 4.15. The Morgan fingerprint density at radius 3 is 2.52 bits per heavy atom. The lowest BCUT2D eigenvalue weighted by atomic mass is 9.79. The number of hydrogen-bond donors (Lipinski definition) is 0. The third kappa shape index (κ3) is 3.42. The Morgan fingerprint density at radius 2 is 1.86 bits per heavy atom. The summed E-state index contributed by atoms with van der Waals surface area (Å²) in [4.78, 5) is 11.8. The average Bonchev–Trinajstić information content (AvgIpc) is 2.92. The molecule has 1 atom stereocenters. The van der Waals surface area contributed by atoms with Crippen molar-refractivity contribution < 1.29 is 19.0 Å². The number of ether oxygens (including phenoxy) is 3. The van der Waals surface area contributed by atoms with Gasteiger partial charge in [0.15, 0.2) is 5.79 Å². The number of esters is 1. The topological polar surface area (TPSA) is 44.8 Å². The molecule has 0 bridgehead atoms. The maximum Gasteiger partial charge on any atom is 0.308 e. The van der Waals surface area contributed by atoms with Crippen LogP contribution in [0.4, 0.5) is 0 Å². The molecule has 2 saturated carbocycles. The van der Waals surface area contributed by atoms with Crippen LogP contribution >= 0.6 is 0 Å². The Bertz CT molecular complexity index is 354. The lowest BCUT2D eigenvalue weighted by molar-refractivity contribution is -0.193. The van der Waals surface area contributed by atoms with Crippen LogP contribution in [-0.2, 0) is 19.0 Å². The zero-order valence-electron chi connectivity index (χ0n) is 13.1. The van der Waals surface area contributed by atoms with Gasteiger partial charge in [-0.05, 0) is 51.4 Å². The third-order valence-corrected chi connectivity index (χ3v) is 5.41. The van der Waals surface area contributed by atoms with Gasteiger partial charge >= 0.3 is 5.97 Å². The number of rotatable bonds is 3. The standard InChI is InChI=1S/C17H28O4/c1-2-19-16(18)14-8-6-13(7-9-14)15-12-20-17(21-15)10-4-3-5-11-17/h13-15H,2-12H2,1H3. The van der Waals surface area contributed by atoms with Crippen molar-refractivity contribution in [1.82, 2.24) is 0 Å². The summed E-state index contributed by atoms with van der Waals surface area (Å²) < 4.78 is 17.5. The molecule has 3 rings (SSSR count). The Labute approximate surface area is 127 Å². The SMILES string of the molecule is CCOC(=O)C1CCC(C2COC3(CCCCC3)O2)CC1. The van der Waals surface area contributed by atoms with E-state index < -0.39 is 0 Å². The predicted molar refractivity (Wildman–Crippen MR) is 78.7 cm³/mol. The number of carbonyl (C=O) groups excluding carboxylic acids is 1. The molecule has 3 fully saturated rings. The van der Waals surface area contributed by atoms with E-state index >= 15 is 0 Å². The summed E-state index contributed by atoms with van der Waals surface area (Å²) >= 11 is 0. The fraction of sp³-hybridized carbons (Fsp3) is 0.941. The first-order valence-corrected chi connectivity index (χ1v) is 8.71. The molecule has 0 radical (unpaired) electrons. The molecule has 3 aliphatic rings. The first-order chi connectivity index (χ1) is 10.2. The first-order valence-electron chi connectivity index (χ1n) is 8.71. The highest BCUT2D eigenvalue weighted by atomic mass is 16.7. The molecule has 1 aliphatic heterocycles. The van der Waals surface area contributed by atoms with Crippen molar-refractivity contribution in [1.29, 1.82) is 0 Å². The second-order valence-electron chi connectivity index (χ2n) is 6.80. The summed E-state index contributed by atoms with van der Waals surface area (Å²) in [7, 11) is 0. The first kappa shape index (κ1) is 15.3. The highest BCUT2D eigenvalue weighted by Gasteiger charge is 2.45. The average molecular weight is 296 g/mol. The molecule has 0 amide bonds. The molecule has 1 heterocycles. The predicted octanol–water partition coefficient (Wildman–Crippen LogP) is 3.43. The number of hydrogen-bond acceptors (Lipinski definition) is 4. The van der Waals surface area contributed by atoms with Gasteiger partial charge in [-0.2, -0.15) is 0 Å². The van der Waals surface area contributed by atoms with E-state index in [1.807, 2.05) is 6.92 Å². The van der Waals surface area contributed by atoms with Crippen LogP contribution in [-0.4, -0.2) is 31.1 Å². The van der Waals surface area contributed by atoms with Crippen molar-refractivity contribution in [3.05, 3.63) is 0 Å². The van der Waals surface area contributed by atoms with Crippen LogP contribution in [0, 0.1) is 11.8 Å². The second kappa shape index (κ2) is 6.66. The van der Waals surface area contributed by atoms with Crippen LogP contribution < -0.4 is 0 Å². The summed E-state index contributed by atoms with van der Waals surface area (Å²) in [6, 6.07) is 0. The van der Waals surface area contributed by atoms with Gasteiger partial charge in [0.25, 0.3) is 0 Å². The van der Waals surface area contributed by atoms with Crippen LogP contribution in [0.3, 0.4) is 0 Å².